The Kier molecular flexibility index (Phi) is 3.40. The lowest BCUT2D eigenvalue weighted by Crippen LogP contribution is -2.06. The van der Waals surface area contributed by atoms with E-state index in [4.69, 9.17) is 23.2 Å². The molecule has 1 aromatic heterocycles. The number of aromatic nitrogens is 4. The van der Waals surface area contributed by atoms with Gasteiger partial charge in [-0.05, 0) is 23.4 Å². The van der Waals surface area contributed by atoms with Crippen molar-refractivity contribution in [2.24, 2.45) is 7.05 Å². The van der Waals surface area contributed by atoms with E-state index < -0.39 is 0 Å². The zero-order valence-corrected chi connectivity index (χ0v) is 10.4. The SMILES string of the molecule is Cn1nnc(CC(=O)c2cc(Cl)ccc2Cl)n1. The molecule has 0 N–H and O–H groups in total. The third-order valence-corrected chi connectivity index (χ3v) is 2.66. The fraction of sp³-hybridized carbons (Fsp3) is 0.200. The summed E-state index contributed by atoms with van der Waals surface area (Å²) in [6.45, 7) is 0. The quantitative estimate of drug-likeness (QED) is 0.800. The Morgan fingerprint density at radius 2 is 2.18 bits per heavy atom. The van der Waals surface area contributed by atoms with E-state index in [-0.39, 0.29) is 12.2 Å². The average Bonchev–Trinajstić information content (AvgIpc) is 2.67. The summed E-state index contributed by atoms with van der Waals surface area (Å²) in [7, 11) is 1.63. The van der Waals surface area contributed by atoms with Gasteiger partial charge in [-0.3, -0.25) is 4.79 Å². The summed E-state index contributed by atoms with van der Waals surface area (Å²) in [5.41, 5.74) is 0.367. The minimum Gasteiger partial charge on any atom is -0.294 e. The number of nitrogens with zero attached hydrogens (tertiary/aromatic N) is 4. The van der Waals surface area contributed by atoms with Crippen LogP contribution in [0.1, 0.15) is 16.2 Å². The van der Waals surface area contributed by atoms with Crippen molar-refractivity contribution < 1.29 is 4.79 Å². The zero-order chi connectivity index (χ0) is 12.4. The monoisotopic (exact) mass is 270 g/mol. The number of ketones is 1. The van der Waals surface area contributed by atoms with E-state index in [0.29, 0.717) is 21.4 Å². The lowest BCUT2D eigenvalue weighted by Gasteiger charge is -2.01. The molecule has 0 atom stereocenters. The number of halogens is 2. The fourth-order valence-corrected chi connectivity index (χ4v) is 1.74. The average molecular weight is 271 g/mol. The Labute approximate surface area is 107 Å². The third kappa shape index (κ3) is 2.81. The summed E-state index contributed by atoms with van der Waals surface area (Å²) < 4.78 is 0. The Morgan fingerprint density at radius 3 is 2.82 bits per heavy atom. The van der Waals surface area contributed by atoms with Crippen LogP contribution in [0.4, 0.5) is 0 Å². The number of tetrazole rings is 1. The molecule has 0 saturated heterocycles. The highest BCUT2D eigenvalue weighted by Crippen LogP contribution is 2.21. The molecule has 0 radical (unpaired) electrons. The van der Waals surface area contributed by atoms with Gasteiger partial charge in [0.05, 0.1) is 18.5 Å². The number of hydrogen-bond donors (Lipinski definition) is 0. The van der Waals surface area contributed by atoms with E-state index in [2.05, 4.69) is 15.4 Å². The number of aryl methyl sites for hydroxylation is 1. The van der Waals surface area contributed by atoms with Crippen LogP contribution in [0.5, 0.6) is 0 Å². The second-order valence-electron chi connectivity index (χ2n) is 3.42. The van der Waals surface area contributed by atoms with E-state index in [1.807, 2.05) is 0 Å². The summed E-state index contributed by atoms with van der Waals surface area (Å²) >= 11 is 11.7. The first-order valence-corrected chi connectivity index (χ1v) is 5.53. The first-order valence-electron chi connectivity index (χ1n) is 4.77. The topological polar surface area (TPSA) is 60.7 Å². The van der Waals surface area contributed by atoms with Crippen LogP contribution in [0.3, 0.4) is 0 Å². The van der Waals surface area contributed by atoms with Crippen molar-refractivity contribution in [2.45, 2.75) is 6.42 Å². The molecule has 0 amide bonds. The Morgan fingerprint density at radius 1 is 1.41 bits per heavy atom. The molecule has 1 heterocycles. The molecule has 0 aliphatic heterocycles. The molecule has 0 unspecified atom stereocenters. The van der Waals surface area contributed by atoms with Gasteiger partial charge < -0.3 is 0 Å². The maximum atomic E-state index is 11.9. The molecule has 5 nitrogen and oxygen atoms in total. The largest absolute Gasteiger partial charge is 0.294 e. The van der Waals surface area contributed by atoms with Crippen LogP contribution >= 0.6 is 23.2 Å². The van der Waals surface area contributed by atoms with Gasteiger partial charge in [0.15, 0.2) is 11.6 Å². The van der Waals surface area contributed by atoms with Crippen molar-refractivity contribution in [3.8, 4) is 0 Å². The van der Waals surface area contributed by atoms with E-state index in [1.165, 1.54) is 10.9 Å². The summed E-state index contributed by atoms with van der Waals surface area (Å²) in [5.74, 6) is 0.166. The van der Waals surface area contributed by atoms with Crippen molar-refractivity contribution in [1.29, 1.82) is 0 Å². The van der Waals surface area contributed by atoms with Crippen molar-refractivity contribution in [3.63, 3.8) is 0 Å². The lowest BCUT2D eigenvalue weighted by atomic mass is 10.1. The van der Waals surface area contributed by atoms with Crippen LogP contribution < -0.4 is 0 Å². The normalized spacial score (nSPS) is 10.5. The molecule has 88 valence electrons. The molecule has 2 aromatic rings. The minimum absolute atomic E-state index is 0.0495. The number of carbonyl (C=O) groups excluding carboxylic acids is 1. The predicted molar refractivity (Wildman–Crippen MR) is 63.3 cm³/mol. The molecule has 0 fully saturated rings. The highest BCUT2D eigenvalue weighted by Gasteiger charge is 2.14. The molecule has 17 heavy (non-hydrogen) atoms. The predicted octanol–water partition coefficient (Wildman–Crippen LogP) is 1.94. The van der Waals surface area contributed by atoms with Crippen molar-refractivity contribution in [2.75, 3.05) is 0 Å². The van der Waals surface area contributed by atoms with Crippen LogP contribution in [0.15, 0.2) is 18.2 Å². The van der Waals surface area contributed by atoms with E-state index >= 15 is 0 Å². The van der Waals surface area contributed by atoms with Crippen LogP contribution in [-0.2, 0) is 13.5 Å². The first kappa shape index (κ1) is 12.0. The summed E-state index contributed by atoms with van der Waals surface area (Å²) in [4.78, 5) is 13.2. The lowest BCUT2D eigenvalue weighted by molar-refractivity contribution is 0.0991. The van der Waals surface area contributed by atoms with E-state index in [0.717, 1.165) is 0 Å². The number of benzene rings is 1. The second-order valence-corrected chi connectivity index (χ2v) is 4.26. The Bertz CT molecular complexity index is 567. The highest BCUT2D eigenvalue weighted by molar-refractivity contribution is 6.35. The Hall–Kier alpha value is -1.46. The highest BCUT2D eigenvalue weighted by atomic mass is 35.5. The van der Waals surface area contributed by atoms with Crippen molar-refractivity contribution >= 4 is 29.0 Å². The molecule has 0 bridgehead atoms. The van der Waals surface area contributed by atoms with E-state index in [9.17, 15) is 4.79 Å². The van der Waals surface area contributed by atoms with Gasteiger partial charge in [0.25, 0.3) is 0 Å². The molecule has 0 saturated carbocycles. The van der Waals surface area contributed by atoms with Gasteiger partial charge in [-0.1, -0.05) is 23.2 Å². The molecular formula is C10H8Cl2N4O. The smallest absolute Gasteiger partial charge is 0.182 e. The van der Waals surface area contributed by atoms with Gasteiger partial charge in [0.2, 0.25) is 0 Å². The van der Waals surface area contributed by atoms with E-state index in [1.54, 1.807) is 19.2 Å². The van der Waals surface area contributed by atoms with Gasteiger partial charge in [-0.2, -0.15) is 4.80 Å². The molecule has 0 aliphatic rings. The third-order valence-electron chi connectivity index (χ3n) is 2.10. The summed E-state index contributed by atoms with van der Waals surface area (Å²) in [6.07, 6.45) is 0.0495. The van der Waals surface area contributed by atoms with Gasteiger partial charge >= 0.3 is 0 Å². The zero-order valence-electron chi connectivity index (χ0n) is 8.89. The van der Waals surface area contributed by atoms with Gasteiger partial charge in [-0.25, -0.2) is 0 Å². The second kappa shape index (κ2) is 4.81. The van der Waals surface area contributed by atoms with Crippen LogP contribution in [-0.4, -0.2) is 26.0 Å². The van der Waals surface area contributed by atoms with Gasteiger partial charge in [0, 0.05) is 10.6 Å². The number of Topliss-reactive ketones (excluding diaryl/α,β-unsaturated/α-hetero) is 1. The number of hydrogen-bond acceptors (Lipinski definition) is 4. The maximum absolute atomic E-state index is 11.9. The maximum Gasteiger partial charge on any atom is 0.182 e. The molecule has 2 rings (SSSR count). The van der Waals surface area contributed by atoms with Crippen LogP contribution in [0.2, 0.25) is 10.0 Å². The molecule has 0 aliphatic carbocycles. The van der Waals surface area contributed by atoms with Crippen molar-refractivity contribution in [1.82, 2.24) is 20.2 Å². The summed E-state index contributed by atoms with van der Waals surface area (Å²) in [5, 5.41) is 12.1. The summed E-state index contributed by atoms with van der Waals surface area (Å²) in [6, 6.07) is 4.74. The molecule has 7 heteroatoms. The van der Waals surface area contributed by atoms with Gasteiger partial charge in [-0.15, -0.1) is 10.2 Å². The Balaban J connectivity index is 2.22. The van der Waals surface area contributed by atoms with Crippen LogP contribution in [0.25, 0.3) is 0 Å². The molecule has 1 aromatic carbocycles. The fourth-order valence-electron chi connectivity index (χ4n) is 1.34. The number of carbonyl (C=O) groups is 1. The van der Waals surface area contributed by atoms with Crippen molar-refractivity contribution in [3.05, 3.63) is 39.6 Å². The standard InChI is InChI=1S/C10H8Cl2N4O/c1-16-14-10(13-15-16)5-9(17)7-4-6(11)2-3-8(7)12/h2-4H,5H2,1H3. The number of rotatable bonds is 3. The minimum atomic E-state index is -0.189. The molecule has 0 spiro atoms. The van der Waals surface area contributed by atoms with Gasteiger partial charge in [0.1, 0.15) is 0 Å². The molecular weight excluding hydrogens is 263 g/mol. The first-order chi connectivity index (χ1) is 8.06. The van der Waals surface area contributed by atoms with Crippen LogP contribution in [0, 0.1) is 0 Å².